The Balaban J connectivity index is 2.41. The molecule has 2 nitrogen and oxygen atoms in total. The molecule has 1 unspecified atom stereocenters. The quantitative estimate of drug-likeness (QED) is 0.859. The van der Waals surface area contributed by atoms with Crippen LogP contribution in [0.4, 0.5) is 26.3 Å². The molecule has 1 aliphatic heterocycles. The number of fused-ring (bicyclic) bond motifs is 1. The van der Waals surface area contributed by atoms with Crippen molar-refractivity contribution in [3.63, 3.8) is 0 Å². The lowest BCUT2D eigenvalue weighted by atomic mass is 9.90. The molecule has 1 aliphatic rings. The van der Waals surface area contributed by atoms with Crippen LogP contribution in [0.25, 0.3) is 0 Å². The molecule has 8 heteroatoms. The zero-order valence-corrected chi connectivity index (χ0v) is 11.0. The Morgan fingerprint density at radius 3 is 2.10 bits per heavy atom. The van der Waals surface area contributed by atoms with Crippen LogP contribution >= 0.6 is 0 Å². The number of hydrogen-bond acceptors (Lipinski definition) is 2. The molecule has 0 bridgehead atoms. The second-order valence-corrected chi connectivity index (χ2v) is 4.85. The third-order valence-corrected chi connectivity index (χ3v) is 3.45. The highest BCUT2D eigenvalue weighted by atomic mass is 19.4. The normalized spacial score (nSPS) is 17.1. The van der Waals surface area contributed by atoms with Gasteiger partial charge in [0, 0.05) is 0 Å². The fraction of sp³-hybridized carbons (Fsp3) is 0.538. The third-order valence-electron chi connectivity index (χ3n) is 3.45. The molecule has 1 atom stereocenters. The summed E-state index contributed by atoms with van der Waals surface area (Å²) in [4.78, 5) is 0. The average Bonchev–Trinajstić information content (AvgIpc) is 2.79. The number of benzene rings is 1. The average molecular weight is 313 g/mol. The van der Waals surface area contributed by atoms with Gasteiger partial charge in [0.25, 0.3) is 0 Å². The Morgan fingerprint density at radius 2 is 1.57 bits per heavy atom. The van der Waals surface area contributed by atoms with E-state index in [0.717, 1.165) is 12.6 Å². The molecule has 0 aliphatic carbocycles. The van der Waals surface area contributed by atoms with E-state index in [2.05, 4.69) is 5.32 Å². The topological polar surface area (TPSA) is 21.3 Å². The fourth-order valence-corrected chi connectivity index (χ4v) is 2.47. The molecule has 1 aromatic rings. The molecule has 1 aromatic carbocycles. The lowest BCUT2D eigenvalue weighted by molar-refractivity contribution is -0.292. The number of halogens is 6. The Hall–Kier alpha value is -1.28. The fourth-order valence-electron chi connectivity index (χ4n) is 2.47. The van der Waals surface area contributed by atoms with Crippen molar-refractivity contribution in [2.45, 2.75) is 31.6 Å². The van der Waals surface area contributed by atoms with E-state index < -0.39 is 24.3 Å². The molecule has 1 heterocycles. The zero-order chi connectivity index (χ0) is 15.8. The van der Waals surface area contributed by atoms with E-state index >= 15 is 0 Å². The molecule has 0 fully saturated rings. The number of hydrogen-bond donors (Lipinski definition) is 1. The Labute approximate surface area is 117 Å². The van der Waals surface area contributed by atoms with Gasteiger partial charge in [0.2, 0.25) is 0 Å². The van der Waals surface area contributed by atoms with Gasteiger partial charge < -0.3 is 10.1 Å². The molecule has 118 valence electrons. The standard InChI is InChI=1S/C13H13F6NO/c1-20-10(11(12(14,15)16)13(17,18)19)7-2-3-8-5-21-6-9(8)4-7/h2-4,10-11,20H,5-6H2,1H3. The van der Waals surface area contributed by atoms with Crippen LogP contribution in [-0.2, 0) is 18.0 Å². The minimum atomic E-state index is -5.39. The molecule has 21 heavy (non-hydrogen) atoms. The van der Waals surface area contributed by atoms with Gasteiger partial charge in [-0.25, -0.2) is 0 Å². The van der Waals surface area contributed by atoms with E-state index in [1.165, 1.54) is 18.2 Å². The first-order valence-electron chi connectivity index (χ1n) is 6.14. The number of ether oxygens (including phenoxy) is 1. The highest BCUT2D eigenvalue weighted by molar-refractivity contribution is 5.35. The zero-order valence-electron chi connectivity index (χ0n) is 11.0. The van der Waals surface area contributed by atoms with Crippen LogP contribution in [0.2, 0.25) is 0 Å². The first-order valence-corrected chi connectivity index (χ1v) is 6.14. The van der Waals surface area contributed by atoms with Crippen LogP contribution in [-0.4, -0.2) is 19.4 Å². The summed E-state index contributed by atoms with van der Waals surface area (Å²) >= 11 is 0. The Kier molecular flexibility index (Phi) is 4.21. The largest absolute Gasteiger partial charge is 0.402 e. The van der Waals surface area contributed by atoms with E-state index in [9.17, 15) is 26.3 Å². The second kappa shape index (κ2) is 5.49. The smallest absolute Gasteiger partial charge is 0.372 e. The molecule has 0 radical (unpaired) electrons. The SMILES string of the molecule is CNC(c1ccc2c(c1)COC2)C(C(F)(F)F)C(F)(F)F. The lowest BCUT2D eigenvalue weighted by Crippen LogP contribution is -2.45. The van der Waals surface area contributed by atoms with Gasteiger partial charge in [-0.2, -0.15) is 26.3 Å². The maximum absolute atomic E-state index is 12.8. The van der Waals surface area contributed by atoms with Gasteiger partial charge in [0.1, 0.15) is 0 Å². The molecule has 0 saturated carbocycles. The molecule has 2 rings (SSSR count). The van der Waals surface area contributed by atoms with E-state index in [1.807, 2.05) is 0 Å². The minimum absolute atomic E-state index is 0.0543. The molecule has 0 amide bonds. The highest BCUT2D eigenvalue weighted by Gasteiger charge is 2.60. The van der Waals surface area contributed by atoms with E-state index in [4.69, 9.17) is 4.74 Å². The van der Waals surface area contributed by atoms with Gasteiger partial charge in [0.05, 0.1) is 19.3 Å². The summed E-state index contributed by atoms with van der Waals surface area (Å²) < 4.78 is 82.1. The Bertz CT molecular complexity index is 496. The predicted octanol–water partition coefficient (Wildman–Crippen LogP) is 3.72. The summed E-state index contributed by atoms with van der Waals surface area (Å²) in [5.74, 6) is -3.46. The van der Waals surface area contributed by atoms with Crippen molar-refractivity contribution in [1.29, 1.82) is 0 Å². The lowest BCUT2D eigenvalue weighted by Gasteiger charge is -2.31. The van der Waals surface area contributed by atoms with Crippen molar-refractivity contribution in [1.82, 2.24) is 5.32 Å². The number of rotatable bonds is 3. The highest BCUT2D eigenvalue weighted by Crippen LogP contribution is 2.46. The molecule has 1 N–H and O–H groups in total. The van der Waals surface area contributed by atoms with E-state index in [0.29, 0.717) is 12.2 Å². The van der Waals surface area contributed by atoms with Gasteiger partial charge in [-0.15, -0.1) is 0 Å². The summed E-state index contributed by atoms with van der Waals surface area (Å²) in [6.45, 7) is 0.518. The molecular weight excluding hydrogens is 300 g/mol. The number of nitrogens with one attached hydrogen (secondary N) is 1. The van der Waals surface area contributed by atoms with Gasteiger partial charge in [-0.05, 0) is 23.7 Å². The minimum Gasteiger partial charge on any atom is -0.372 e. The molecule has 0 spiro atoms. The Morgan fingerprint density at radius 1 is 1.00 bits per heavy atom. The van der Waals surface area contributed by atoms with Crippen molar-refractivity contribution in [2.24, 2.45) is 5.92 Å². The predicted molar refractivity (Wildman–Crippen MR) is 62.3 cm³/mol. The van der Waals surface area contributed by atoms with Crippen LogP contribution in [0.3, 0.4) is 0 Å². The van der Waals surface area contributed by atoms with Crippen LogP contribution in [0.1, 0.15) is 22.7 Å². The summed E-state index contributed by atoms with van der Waals surface area (Å²) in [6.07, 6.45) is -10.8. The number of alkyl halides is 6. The van der Waals surface area contributed by atoms with Gasteiger partial charge in [-0.3, -0.25) is 0 Å². The van der Waals surface area contributed by atoms with Gasteiger partial charge in [0.15, 0.2) is 5.92 Å². The summed E-state index contributed by atoms with van der Waals surface area (Å²) in [5.41, 5.74) is 1.35. The van der Waals surface area contributed by atoms with Crippen molar-refractivity contribution in [3.05, 3.63) is 34.9 Å². The summed E-state index contributed by atoms with van der Waals surface area (Å²) in [6, 6.07) is 2.23. The third kappa shape index (κ3) is 3.32. The molecular formula is C13H13F6NO. The van der Waals surface area contributed by atoms with E-state index in [-0.39, 0.29) is 12.2 Å². The first kappa shape index (κ1) is 16.1. The van der Waals surface area contributed by atoms with Crippen LogP contribution in [0, 0.1) is 5.92 Å². The monoisotopic (exact) mass is 313 g/mol. The van der Waals surface area contributed by atoms with Gasteiger partial charge in [-0.1, -0.05) is 18.2 Å². The maximum atomic E-state index is 12.8. The van der Waals surface area contributed by atoms with Crippen molar-refractivity contribution in [2.75, 3.05) is 7.05 Å². The first-order chi connectivity index (χ1) is 9.64. The molecule has 0 aromatic heterocycles. The van der Waals surface area contributed by atoms with Crippen LogP contribution in [0.15, 0.2) is 18.2 Å². The summed E-state index contributed by atoms with van der Waals surface area (Å²) in [5, 5.41) is 2.14. The van der Waals surface area contributed by atoms with Crippen molar-refractivity contribution in [3.8, 4) is 0 Å². The van der Waals surface area contributed by atoms with E-state index in [1.54, 1.807) is 0 Å². The second-order valence-electron chi connectivity index (χ2n) is 4.85. The van der Waals surface area contributed by atoms with Crippen molar-refractivity contribution < 1.29 is 31.1 Å². The maximum Gasteiger partial charge on any atom is 0.402 e. The van der Waals surface area contributed by atoms with Crippen molar-refractivity contribution >= 4 is 0 Å². The van der Waals surface area contributed by atoms with Crippen LogP contribution < -0.4 is 5.32 Å². The van der Waals surface area contributed by atoms with Crippen LogP contribution in [0.5, 0.6) is 0 Å². The van der Waals surface area contributed by atoms with Gasteiger partial charge >= 0.3 is 12.4 Å². The summed E-state index contributed by atoms with van der Waals surface area (Å²) in [7, 11) is 1.08. The molecule has 0 saturated heterocycles.